The Kier molecular flexibility index (Phi) is 8.72. The van der Waals surface area contributed by atoms with Gasteiger partial charge in [0.2, 0.25) is 11.4 Å². The highest BCUT2D eigenvalue weighted by Gasteiger charge is 2.28. The molecule has 42 heavy (non-hydrogen) atoms. The minimum atomic E-state index is -4.09. The molecule has 0 saturated heterocycles. The Morgan fingerprint density at radius 2 is 1.74 bits per heavy atom. The summed E-state index contributed by atoms with van der Waals surface area (Å²) in [7, 11) is -8.18. The van der Waals surface area contributed by atoms with Gasteiger partial charge in [-0.15, -0.1) is 0 Å². The zero-order chi connectivity index (χ0) is 30.1. The lowest BCUT2D eigenvalue weighted by atomic mass is 10.1. The van der Waals surface area contributed by atoms with E-state index in [-0.39, 0.29) is 24.3 Å². The fourth-order valence-electron chi connectivity index (χ4n) is 5.13. The van der Waals surface area contributed by atoms with Crippen LogP contribution in [-0.4, -0.2) is 44.0 Å². The maximum absolute atomic E-state index is 11.5. The van der Waals surface area contributed by atoms with Crippen molar-refractivity contribution in [1.82, 2.24) is 0 Å². The number of nitrogens with zero attached hydrogens (tertiary/aromatic N) is 2. The SMILES string of the molecule is CCC(=Cc1sc2ccc3ccccc3c2[n+]1CCCS(=O)(=O)O)C=C1Oc2ccc(C)cc2N1CCCS(=O)(=O)O. The zero-order valence-corrected chi connectivity index (χ0v) is 25.8. The number of rotatable bonds is 11. The van der Waals surface area contributed by atoms with Gasteiger partial charge in [-0.2, -0.15) is 21.4 Å². The van der Waals surface area contributed by atoms with Crippen LogP contribution in [0.4, 0.5) is 5.69 Å². The fraction of sp³-hybridized carbons (Fsp3) is 0.300. The maximum atomic E-state index is 11.5. The predicted molar refractivity (Wildman–Crippen MR) is 167 cm³/mol. The first kappa shape index (κ1) is 30.2. The number of hydrogen-bond acceptors (Lipinski definition) is 7. The van der Waals surface area contributed by atoms with Crippen LogP contribution in [0.1, 0.15) is 36.8 Å². The van der Waals surface area contributed by atoms with Gasteiger partial charge < -0.3 is 9.64 Å². The third-order valence-electron chi connectivity index (χ3n) is 7.09. The maximum Gasteiger partial charge on any atom is 0.265 e. The molecule has 0 radical (unpaired) electrons. The second kappa shape index (κ2) is 12.1. The van der Waals surface area contributed by atoms with E-state index in [1.54, 1.807) is 11.3 Å². The van der Waals surface area contributed by atoms with Gasteiger partial charge in [0.15, 0.2) is 12.3 Å². The van der Waals surface area contributed by atoms with Gasteiger partial charge in [0, 0.05) is 25.1 Å². The van der Waals surface area contributed by atoms with E-state index < -0.39 is 20.2 Å². The quantitative estimate of drug-likeness (QED) is 0.159. The Labute approximate surface area is 249 Å². The van der Waals surface area contributed by atoms with E-state index in [1.807, 2.05) is 61.2 Å². The molecule has 0 aliphatic carbocycles. The number of aryl methyl sites for hydroxylation is 2. The number of aromatic nitrogens is 1. The molecule has 0 saturated carbocycles. The molecule has 12 heteroatoms. The average Bonchev–Trinajstić information content (AvgIpc) is 3.44. The molecule has 0 bridgehead atoms. The molecule has 1 aromatic heterocycles. The van der Waals surface area contributed by atoms with Crippen LogP contribution < -0.4 is 14.2 Å². The Morgan fingerprint density at radius 1 is 1.00 bits per heavy atom. The molecule has 0 amide bonds. The molecule has 3 aromatic carbocycles. The molecule has 2 heterocycles. The van der Waals surface area contributed by atoms with Crippen LogP contribution in [-0.2, 0) is 26.8 Å². The van der Waals surface area contributed by atoms with Crippen molar-refractivity contribution in [2.45, 2.75) is 39.7 Å². The normalized spacial score (nSPS) is 15.1. The van der Waals surface area contributed by atoms with Crippen molar-refractivity contribution in [1.29, 1.82) is 0 Å². The number of hydrogen-bond donors (Lipinski definition) is 2. The largest absolute Gasteiger partial charge is 0.439 e. The molecule has 1 aliphatic rings. The molecule has 0 spiro atoms. The highest BCUT2D eigenvalue weighted by Crippen LogP contribution is 2.40. The number of benzene rings is 3. The smallest absolute Gasteiger partial charge is 0.265 e. The first-order chi connectivity index (χ1) is 19.9. The van der Waals surface area contributed by atoms with E-state index in [1.165, 1.54) is 0 Å². The summed E-state index contributed by atoms with van der Waals surface area (Å²) in [6.45, 7) is 4.74. The van der Waals surface area contributed by atoms with Gasteiger partial charge >= 0.3 is 0 Å². The highest BCUT2D eigenvalue weighted by atomic mass is 32.2. The molecule has 0 fully saturated rings. The summed E-state index contributed by atoms with van der Waals surface area (Å²) in [5.74, 6) is 0.541. The number of ether oxygens (including phenoxy) is 1. The first-order valence-electron chi connectivity index (χ1n) is 13.6. The van der Waals surface area contributed by atoms with E-state index in [9.17, 15) is 25.9 Å². The van der Waals surface area contributed by atoms with Crippen LogP contribution in [0.15, 0.2) is 72.1 Å². The van der Waals surface area contributed by atoms with Gasteiger partial charge in [-0.3, -0.25) is 9.11 Å². The lowest BCUT2D eigenvalue weighted by molar-refractivity contribution is -0.667. The Balaban J connectivity index is 1.56. The Morgan fingerprint density at radius 3 is 2.48 bits per heavy atom. The van der Waals surface area contributed by atoms with Gasteiger partial charge in [-0.25, -0.2) is 0 Å². The molecule has 1 aliphatic heterocycles. The monoisotopic (exact) mass is 629 g/mol. The van der Waals surface area contributed by atoms with Crippen molar-refractivity contribution in [2.75, 3.05) is 23.0 Å². The molecule has 5 rings (SSSR count). The van der Waals surface area contributed by atoms with Gasteiger partial charge in [-0.1, -0.05) is 48.6 Å². The van der Waals surface area contributed by atoms with Crippen LogP contribution in [0.5, 0.6) is 5.75 Å². The van der Waals surface area contributed by atoms with E-state index in [0.717, 1.165) is 42.8 Å². The topological polar surface area (TPSA) is 125 Å². The standard InChI is InChI=1S/C30H32N2O7S3/c1-3-22(19-28-31(14-6-16-41(33,34)35)25-18-21(2)10-12-26(25)39-28)20-29-32(15-7-17-42(36,37)38)30-24-9-5-4-8-23(24)11-13-27(30)40-29/h4-5,8-13,18-20H,3,6-7,14-17H2,1-2H3,(H-,33,34,35,36,37,38)/p+1. The number of anilines is 1. The summed E-state index contributed by atoms with van der Waals surface area (Å²) in [6.07, 6.45) is 5.14. The van der Waals surface area contributed by atoms with Crippen molar-refractivity contribution in [3.63, 3.8) is 0 Å². The third kappa shape index (κ3) is 7.01. The first-order valence-corrected chi connectivity index (χ1v) is 17.7. The molecule has 222 valence electrons. The van der Waals surface area contributed by atoms with Crippen molar-refractivity contribution in [3.8, 4) is 5.75 Å². The lowest BCUT2D eigenvalue weighted by Crippen LogP contribution is -2.36. The number of fused-ring (bicyclic) bond motifs is 4. The molecule has 0 unspecified atom stereocenters. The van der Waals surface area contributed by atoms with E-state index in [0.29, 0.717) is 31.1 Å². The van der Waals surface area contributed by atoms with Crippen molar-refractivity contribution in [3.05, 3.63) is 82.7 Å². The molecule has 0 atom stereocenters. The summed E-state index contributed by atoms with van der Waals surface area (Å²) in [4.78, 5) is 1.93. The van der Waals surface area contributed by atoms with Crippen molar-refractivity contribution >= 4 is 64.3 Å². The second-order valence-corrected chi connectivity index (χ2v) is 14.5. The van der Waals surface area contributed by atoms with E-state index >= 15 is 0 Å². The summed E-state index contributed by atoms with van der Waals surface area (Å²) >= 11 is 1.60. The average molecular weight is 630 g/mol. The number of allylic oxidation sites excluding steroid dienone is 2. The van der Waals surface area contributed by atoms with Crippen LogP contribution in [0, 0.1) is 6.92 Å². The van der Waals surface area contributed by atoms with Gasteiger partial charge in [0.05, 0.1) is 22.6 Å². The number of thiazole rings is 1. The second-order valence-electron chi connectivity index (χ2n) is 10.3. The van der Waals surface area contributed by atoms with Crippen LogP contribution in [0.3, 0.4) is 0 Å². The minimum absolute atomic E-state index is 0.218. The van der Waals surface area contributed by atoms with Crippen LogP contribution in [0.2, 0.25) is 0 Å². The van der Waals surface area contributed by atoms with Crippen molar-refractivity contribution in [2.24, 2.45) is 0 Å². The summed E-state index contributed by atoms with van der Waals surface area (Å²) in [5, 5.41) is 3.06. The molecular formula is C30H33N2O7S3+. The Bertz CT molecular complexity index is 1930. The Hall–Kier alpha value is -3.29. The highest BCUT2D eigenvalue weighted by molar-refractivity contribution is 7.86. The molecule has 4 aromatic rings. The van der Waals surface area contributed by atoms with Crippen molar-refractivity contribution < 1.29 is 35.2 Å². The van der Waals surface area contributed by atoms with Gasteiger partial charge in [0.1, 0.15) is 4.70 Å². The molecular weight excluding hydrogens is 597 g/mol. The van der Waals surface area contributed by atoms with Crippen LogP contribution in [0.25, 0.3) is 27.1 Å². The molecule has 9 nitrogen and oxygen atoms in total. The predicted octanol–water partition coefficient (Wildman–Crippen LogP) is 5.74. The van der Waals surface area contributed by atoms with E-state index in [2.05, 4.69) is 28.8 Å². The summed E-state index contributed by atoms with van der Waals surface area (Å²) in [5.41, 5.74) is 3.83. The van der Waals surface area contributed by atoms with E-state index in [4.69, 9.17) is 4.74 Å². The van der Waals surface area contributed by atoms with Crippen LogP contribution >= 0.6 is 11.3 Å². The third-order valence-corrected chi connectivity index (χ3v) is 9.80. The zero-order valence-electron chi connectivity index (χ0n) is 23.4. The van der Waals surface area contributed by atoms with Gasteiger partial charge in [0.25, 0.3) is 25.2 Å². The summed E-state index contributed by atoms with van der Waals surface area (Å²) < 4.78 is 73.7. The fourth-order valence-corrected chi connectivity index (χ4v) is 7.29. The lowest BCUT2D eigenvalue weighted by Gasteiger charge is -2.18. The van der Waals surface area contributed by atoms with Gasteiger partial charge in [-0.05, 0) is 60.6 Å². The molecule has 2 N–H and O–H groups in total. The minimum Gasteiger partial charge on any atom is -0.439 e. The summed E-state index contributed by atoms with van der Waals surface area (Å²) in [6, 6.07) is 18.0.